The summed E-state index contributed by atoms with van der Waals surface area (Å²) in [5, 5.41) is 23.0. The van der Waals surface area contributed by atoms with Crippen LogP contribution in [0.1, 0.15) is 52.5 Å². The van der Waals surface area contributed by atoms with Gasteiger partial charge in [-0.25, -0.2) is 18.1 Å². The zero-order valence-corrected chi connectivity index (χ0v) is 27.3. The van der Waals surface area contributed by atoms with E-state index in [1.807, 2.05) is 0 Å². The molecule has 1 atom stereocenters. The molecule has 0 radical (unpaired) electrons. The van der Waals surface area contributed by atoms with Gasteiger partial charge in [-0.1, -0.05) is 13.0 Å². The number of nitrogens with one attached hydrogen (secondary N) is 4. The molecule has 4 heterocycles. The van der Waals surface area contributed by atoms with Crippen LogP contribution in [0.3, 0.4) is 0 Å². The molecule has 0 saturated carbocycles. The summed E-state index contributed by atoms with van der Waals surface area (Å²) >= 11 is 0. The number of phenolic OH excluding ortho intramolecular Hbond substituents is 1. The fraction of sp³-hybridized carbons (Fsp3) is 0.219. The number of nitrogens with zero attached hydrogens (tertiary/aromatic N) is 4. The molecule has 0 bridgehead atoms. The van der Waals surface area contributed by atoms with E-state index in [2.05, 4.69) is 21.0 Å². The number of aromatic hydroxyl groups is 1. The van der Waals surface area contributed by atoms with Crippen LogP contribution < -0.4 is 25.0 Å². The van der Waals surface area contributed by atoms with Crippen molar-refractivity contribution < 1.29 is 46.7 Å². The van der Waals surface area contributed by atoms with Gasteiger partial charge < -0.3 is 15.7 Å². The van der Waals surface area contributed by atoms with E-state index in [4.69, 9.17) is 0 Å². The smallest absolute Gasteiger partial charge is 0.326 e. The summed E-state index contributed by atoms with van der Waals surface area (Å²) in [4.78, 5) is 75.9. The second kappa shape index (κ2) is 12.2. The average molecular weight is 719 g/mol. The van der Waals surface area contributed by atoms with Crippen molar-refractivity contribution in [3.8, 4) is 11.4 Å². The Morgan fingerprint density at radius 1 is 1.08 bits per heavy atom. The van der Waals surface area contributed by atoms with E-state index in [0.29, 0.717) is 15.6 Å². The van der Waals surface area contributed by atoms with E-state index in [0.717, 1.165) is 11.0 Å². The topological polar surface area (TPSA) is 229 Å². The Hall–Kier alpha value is -6.37. The summed E-state index contributed by atoms with van der Waals surface area (Å²) in [6, 6.07) is 7.30. The zero-order chi connectivity index (χ0) is 36.4. The number of carbonyl (C=O) groups excluding carboxylic acids is 6. The van der Waals surface area contributed by atoms with E-state index in [-0.39, 0.29) is 65.0 Å². The Morgan fingerprint density at radius 3 is 2.57 bits per heavy atom. The minimum absolute atomic E-state index is 0.00810. The average Bonchev–Trinajstić information content (AvgIpc) is 3.73. The molecule has 19 heteroatoms. The Morgan fingerprint density at radius 2 is 1.86 bits per heavy atom. The Kier molecular flexibility index (Phi) is 7.93. The van der Waals surface area contributed by atoms with E-state index in [1.54, 1.807) is 30.0 Å². The lowest BCUT2D eigenvalue weighted by molar-refractivity contribution is -0.136. The number of halogens is 1. The molecule has 51 heavy (non-hydrogen) atoms. The number of aromatic nitrogens is 2. The summed E-state index contributed by atoms with van der Waals surface area (Å²) < 4.78 is 44.5. The summed E-state index contributed by atoms with van der Waals surface area (Å²) in [5.41, 5.74) is 0.617. The van der Waals surface area contributed by atoms with Crippen LogP contribution in [0.5, 0.6) is 5.75 Å². The van der Waals surface area contributed by atoms with Gasteiger partial charge in [0.15, 0.2) is 5.82 Å². The molecule has 17 nitrogen and oxygen atoms in total. The number of benzene rings is 3. The van der Waals surface area contributed by atoms with E-state index >= 15 is 4.39 Å². The van der Waals surface area contributed by atoms with Gasteiger partial charge in [0.05, 0.1) is 28.7 Å². The number of imide groups is 2. The Labute approximate surface area is 287 Å². The van der Waals surface area contributed by atoms with E-state index < -0.39 is 69.6 Å². The number of hydrogen-bond acceptors (Lipinski definition) is 11. The minimum atomic E-state index is -4.46. The standard InChI is InChI=1S/C32H27FN8O9S/c1-2-24(43)36-20-8-16-9-23(42)29(40-14-26(45)38-51(40,49)50)28(33)18(16)10-22(20)39-13-15(12-35-39)11-34-19-5-3-4-17-27(19)32(48)41(31(17)47)21-6-7-25(44)37-30(21)46/h3-5,8-10,12-13,21,34,42H,2,6-7,11,14H2,1H3,(H,36,43)(H,38,45)(H,37,44,46). The number of amides is 6. The number of fused-ring (bicyclic) bond motifs is 2. The molecule has 1 aromatic heterocycles. The van der Waals surface area contributed by atoms with Crippen LogP contribution in [0.25, 0.3) is 16.5 Å². The predicted molar refractivity (Wildman–Crippen MR) is 176 cm³/mol. The van der Waals surface area contributed by atoms with Crippen molar-refractivity contribution in [1.29, 1.82) is 0 Å². The van der Waals surface area contributed by atoms with Crippen LogP contribution in [-0.4, -0.2) is 76.2 Å². The maximum absolute atomic E-state index is 16.1. The lowest BCUT2D eigenvalue weighted by Crippen LogP contribution is -2.54. The van der Waals surface area contributed by atoms with Crippen molar-refractivity contribution in [2.45, 2.75) is 38.8 Å². The minimum Gasteiger partial charge on any atom is -0.506 e. The highest BCUT2D eigenvalue weighted by Gasteiger charge is 2.45. The summed E-state index contributed by atoms with van der Waals surface area (Å²) in [5.74, 6) is -5.75. The zero-order valence-electron chi connectivity index (χ0n) is 26.5. The first-order valence-corrected chi connectivity index (χ1v) is 17.0. The molecule has 7 rings (SSSR count). The number of hydrogen-bond donors (Lipinski definition) is 5. The van der Waals surface area contributed by atoms with Gasteiger partial charge in [-0.3, -0.25) is 39.0 Å². The third-order valence-corrected chi connectivity index (χ3v) is 10.0. The molecule has 0 spiro atoms. The van der Waals surface area contributed by atoms with Gasteiger partial charge >= 0.3 is 10.2 Å². The normalized spacial score (nSPS) is 18.2. The predicted octanol–water partition coefficient (Wildman–Crippen LogP) is 1.41. The van der Waals surface area contributed by atoms with Crippen LogP contribution in [0.15, 0.2) is 48.8 Å². The van der Waals surface area contributed by atoms with Crippen LogP contribution >= 0.6 is 0 Å². The number of piperidine rings is 1. The molecule has 6 amide bonds. The maximum Gasteiger partial charge on any atom is 0.326 e. The largest absolute Gasteiger partial charge is 0.506 e. The number of anilines is 3. The highest BCUT2D eigenvalue weighted by Crippen LogP contribution is 2.41. The number of phenols is 1. The molecule has 262 valence electrons. The fourth-order valence-electron chi connectivity index (χ4n) is 6.22. The molecule has 3 aliphatic rings. The van der Waals surface area contributed by atoms with Crippen LogP contribution in [0.2, 0.25) is 0 Å². The molecule has 2 fully saturated rings. The Balaban J connectivity index is 1.20. The van der Waals surface area contributed by atoms with Crippen molar-refractivity contribution >= 4 is 73.5 Å². The lowest BCUT2D eigenvalue weighted by Gasteiger charge is -2.27. The summed E-state index contributed by atoms with van der Waals surface area (Å²) in [6.07, 6.45) is 3.10. The van der Waals surface area contributed by atoms with E-state index in [1.165, 1.54) is 29.1 Å². The van der Waals surface area contributed by atoms with Gasteiger partial charge in [0.1, 0.15) is 24.0 Å². The van der Waals surface area contributed by atoms with Crippen LogP contribution in [0.4, 0.5) is 21.5 Å². The first kappa shape index (κ1) is 33.1. The van der Waals surface area contributed by atoms with Gasteiger partial charge in [-0.15, -0.1) is 0 Å². The third kappa shape index (κ3) is 5.66. The van der Waals surface area contributed by atoms with Gasteiger partial charge in [-0.05, 0) is 42.1 Å². The second-order valence-electron chi connectivity index (χ2n) is 11.9. The molecule has 4 aromatic rings. The first-order chi connectivity index (χ1) is 24.3. The lowest BCUT2D eigenvalue weighted by atomic mass is 10.0. The fourth-order valence-corrected chi connectivity index (χ4v) is 7.39. The molecule has 2 saturated heterocycles. The second-order valence-corrected chi connectivity index (χ2v) is 13.5. The van der Waals surface area contributed by atoms with Crippen LogP contribution in [0, 0.1) is 5.82 Å². The van der Waals surface area contributed by atoms with E-state index in [9.17, 15) is 42.3 Å². The molecule has 5 N–H and O–H groups in total. The number of carbonyl (C=O) groups is 6. The maximum atomic E-state index is 16.1. The molecule has 3 aromatic carbocycles. The summed E-state index contributed by atoms with van der Waals surface area (Å²) in [7, 11) is -4.46. The van der Waals surface area contributed by atoms with Gasteiger partial charge in [0, 0.05) is 42.2 Å². The molecule has 1 unspecified atom stereocenters. The summed E-state index contributed by atoms with van der Waals surface area (Å²) in [6.45, 7) is 0.950. The molecule has 3 aliphatic heterocycles. The third-order valence-electron chi connectivity index (χ3n) is 8.65. The van der Waals surface area contributed by atoms with Crippen molar-refractivity contribution in [2.75, 3.05) is 21.5 Å². The monoisotopic (exact) mass is 718 g/mol. The van der Waals surface area contributed by atoms with Crippen molar-refractivity contribution in [2.24, 2.45) is 0 Å². The van der Waals surface area contributed by atoms with Crippen molar-refractivity contribution in [1.82, 2.24) is 24.7 Å². The molecular formula is C32H27FN8O9S. The van der Waals surface area contributed by atoms with Gasteiger partial charge in [-0.2, -0.15) is 13.5 Å². The highest BCUT2D eigenvalue weighted by molar-refractivity contribution is 7.92. The quantitative estimate of drug-likeness (QED) is 0.164. The van der Waals surface area contributed by atoms with Crippen LogP contribution in [-0.2, 0) is 35.9 Å². The SMILES string of the molecule is CCC(=O)Nc1cc2cc(O)c(N3CC(=O)NS3(=O)=O)c(F)c2cc1-n1cc(CNc2cccc3c2C(=O)N(C2CCC(=O)NC2=O)C3=O)cn1. The molecule has 0 aliphatic carbocycles. The van der Waals surface area contributed by atoms with Crippen molar-refractivity contribution in [3.05, 3.63) is 71.3 Å². The van der Waals surface area contributed by atoms with Gasteiger partial charge in [0.25, 0.3) is 17.7 Å². The Bertz CT molecular complexity index is 2360. The van der Waals surface area contributed by atoms with Crippen molar-refractivity contribution in [3.63, 3.8) is 0 Å². The first-order valence-electron chi connectivity index (χ1n) is 15.5. The molecular weight excluding hydrogens is 691 g/mol. The number of rotatable bonds is 8. The highest BCUT2D eigenvalue weighted by atomic mass is 32.2. The van der Waals surface area contributed by atoms with Gasteiger partial charge in [0.2, 0.25) is 17.7 Å².